The van der Waals surface area contributed by atoms with Gasteiger partial charge in [-0.2, -0.15) is 0 Å². The first-order valence-corrected chi connectivity index (χ1v) is 5.50. The van der Waals surface area contributed by atoms with E-state index in [0.717, 1.165) is 6.42 Å². The summed E-state index contributed by atoms with van der Waals surface area (Å²) in [5.41, 5.74) is 5.11. The molecule has 0 aliphatic carbocycles. The highest BCUT2D eigenvalue weighted by molar-refractivity contribution is 6.34. The van der Waals surface area contributed by atoms with Gasteiger partial charge in [0.1, 0.15) is 0 Å². The van der Waals surface area contributed by atoms with Crippen molar-refractivity contribution in [1.82, 2.24) is 4.90 Å². The number of rotatable bonds is 1. The molecule has 1 heterocycles. The van der Waals surface area contributed by atoms with E-state index in [0.29, 0.717) is 19.7 Å². The van der Waals surface area contributed by atoms with Crippen molar-refractivity contribution < 1.29 is 14.3 Å². The van der Waals surface area contributed by atoms with Crippen molar-refractivity contribution in [3.63, 3.8) is 0 Å². The quantitative estimate of drug-likeness (QED) is 0.649. The molecular weight excluding hydrogens is 208 g/mol. The van der Waals surface area contributed by atoms with E-state index in [4.69, 9.17) is 10.5 Å². The average molecular weight is 228 g/mol. The lowest BCUT2D eigenvalue weighted by Crippen LogP contribution is -2.50. The van der Waals surface area contributed by atoms with Crippen LogP contribution in [0.4, 0.5) is 0 Å². The van der Waals surface area contributed by atoms with Crippen LogP contribution in [-0.2, 0) is 14.3 Å². The first-order chi connectivity index (χ1) is 7.29. The van der Waals surface area contributed by atoms with Crippen LogP contribution in [0.1, 0.15) is 27.2 Å². The van der Waals surface area contributed by atoms with Crippen LogP contribution in [-0.4, -0.2) is 42.5 Å². The third-order valence-corrected chi connectivity index (χ3v) is 2.48. The Hall–Kier alpha value is -1.10. The number of carbonyl (C=O) groups excluding carboxylic acids is 2. The molecule has 1 aliphatic heterocycles. The molecule has 16 heavy (non-hydrogen) atoms. The fourth-order valence-corrected chi connectivity index (χ4v) is 1.87. The lowest BCUT2D eigenvalue weighted by Gasteiger charge is -2.35. The molecule has 0 radical (unpaired) electrons. The van der Waals surface area contributed by atoms with Gasteiger partial charge in [0.2, 0.25) is 0 Å². The topological polar surface area (TPSA) is 72.6 Å². The molecule has 1 atom stereocenters. The Labute approximate surface area is 95.9 Å². The van der Waals surface area contributed by atoms with Crippen LogP contribution in [0.15, 0.2) is 0 Å². The van der Waals surface area contributed by atoms with Crippen molar-refractivity contribution in [2.75, 3.05) is 19.7 Å². The number of carbonyl (C=O) groups is 2. The summed E-state index contributed by atoms with van der Waals surface area (Å²) >= 11 is 0. The number of ether oxygens (including phenoxy) is 1. The van der Waals surface area contributed by atoms with Gasteiger partial charge in [-0.1, -0.05) is 20.8 Å². The number of hydrogen-bond acceptors (Lipinski definition) is 3. The third-order valence-electron chi connectivity index (χ3n) is 2.48. The molecule has 1 saturated heterocycles. The molecule has 2 amide bonds. The maximum Gasteiger partial charge on any atom is 0.311 e. The zero-order valence-corrected chi connectivity index (χ0v) is 10.2. The molecule has 1 unspecified atom stereocenters. The number of nitrogens with two attached hydrogens (primary N) is 1. The van der Waals surface area contributed by atoms with Gasteiger partial charge in [-0.05, 0) is 11.8 Å². The lowest BCUT2D eigenvalue weighted by molar-refractivity contribution is -0.149. The van der Waals surface area contributed by atoms with Gasteiger partial charge in [-0.15, -0.1) is 0 Å². The van der Waals surface area contributed by atoms with Gasteiger partial charge in [0.15, 0.2) is 0 Å². The first-order valence-electron chi connectivity index (χ1n) is 5.50. The second-order valence-corrected chi connectivity index (χ2v) is 5.37. The van der Waals surface area contributed by atoms with E-state index >= 15 is 0 Å². The summed E-state index contributed by atoms with van der Waals surface area (Å²) in [6, 6.07) is 0. The van der Waals surface area contributed by atoms with Crippen molar-refractivity contribution >= 4 is 11.8 Å². The minimum absolute atomic E-state index is 0.00273. The molecule has 1 aliphatic rings. The summed E-state index contributed by atoms with van der Waals surface area (Å²) in [6.45, 7) is 7.73. The van der Waals surface area contributed by atoms with E-state index < -0.39 is 11.8 Å². The van der Waals surface area contributed by atoms with Gasteiger partial charge in [0.05, 0.1) is 12.7 Å². The summed E-state index contributed by atoms with van der Waals surface area (Å²) in [5, 5.41) is 0. The van der Waals surface area contributed by atoms with Crippen LogP contribution in [0.5, 0.6) is 0 Å². The lowest BCUT2D eigenvalue weighted by atomic mass is 9.88. The third kappa shape index (κ3) is 3.81. The van der Waals surface area contributed by atoms with Crippen LogP contribution in [0.25, 0.3) is 0 Å². The van der Waals surface area contributed by atoms with Crippen molar-refractivity contribution in [3.05, 3.63) is 0 Å². The van der Waals surface area contributed by atoms with E-state index in [1.807, 2.05) is 0 Å². The zero-order chi connectivity index (χ0) is 12.3. The number of primary amides is 1. The van der Waals surface area contributed by atoms with Gasteiger partial charge in [-0.25, -0.2) is 0 Å². The Balaban J connectivity index is 2.54. The normalized spacial score (nSPS) is 21.9. The van der Waals surface area contributed by atoms with E-state index in [-0.39, 0.29) is 11.5 Å². The fourth-order valence-electron chi connectivity index (χ4n) is 1.87. The number of amides is 2. The summed E-state index contributed by atoms with van der Waals surface area (Å²) in [6.07, 6.45) is 0.854. The van der Waals surface area contributed by atoms with Crippen LogP contribution in [0, 0.1) is 5.41 Å². The molecule has 92 valence electrons. The molecule has 1 rings (SSSR count). The zero-order valence-electron chi connectivity index (χ0n) is 10.2. The van der Waals surface area contributed by atoms with E-state index in [2.05, 4.69) is 20.8 Å². The summed E-state index contributed by atoms with van der Waals surface area (Å²) in [7, 11) is 0. The molecule has 0 bridgehead atoms. The predicted octanol–water partition coefficient (Wildman–Crippen LogP) is 0.135. The largest absolute Gasteiger partial charge is 0.375 e. The maximum atomic E-state index is 11.4. The molecule has 2 N–H and O–H groups in total. The summed E-state index contributed by atoms with van der Waals surface area (Å²) in [4.78, 5) is 23.7. The minimum Gasteiger partial charge on any atom is -0.375 e. The molecule has 1 fully saturated rings. The summed E-state index contributed by atoms with van der Waals surface area (Å²) in [5.74, 6) is -1.50. The van der Waals surface area contributed by atoms with Crippen LogP contribution in [0.3, 0.4) is 0 Å². The number of hydrogen-bond donors (Lipinski definition) is 1. The molecule has 0 saturated carbocycles. The molecule has 0 aromatic heterocycles. The standard InChI is InChI=1S/C11H20N2O3/c1-11(2,3)6-8-7-13(4-5-16-8)10(15)9(12)14/h8H,4-7H2,1-3H3,(H2,12,14). The van der Waals surface area contributed by atoms with Gasteiger partial charge in [0, 0.05) is 13.1 Å². The van der Waals surface area contributed by atoms with E-state index in [1.54, 1.807) is 0 Å². The van der Waals surface area contributed by atoms with E-state index in [9.17, 15) is 9.59 Å². The Morgan fingerprint density at radius 3 is 2.56 bits per heavy atom. The number of nitrogens with zero attached hydrogens (tertiary/aromatic N) is 1. The average Bonchev–Trinajstić information content (AvgIpc) is 2.14. The highest BCUT2D eigenvalue weighted by atomic mass is 16.5. The van der Waals surface area contributed by atoms with Gasteiger partial charge in [0.25, 0.3) is 0 Å². The molecule has 0 aromatic rings. The van der Waals surface area contributed by atoms with Crippen molar-refractivity contribution in [3.8, 4) is 0 Å². The van der Waals surface area contributed by atoms with Crippen molar-refractivity contribution in [1.29, 1.82) is 0 Å². The molecule has 5 heteroatoms. The minimum atomic E-state index is -0.892. The second-order valence-electron chi connectivity index (χ2n) is 5.37. The van der Waals surface area contributed by atoms with Crippen LogP contribution in [0.2, 0.25) is 0 Å². The maximum absolute atomic E-state index is 11.4. The highest BCUT2D eigenvalue weighted by Gasteiger charge is 2.29. The Morgan fingerprint density at radius 2 is 2.06 bits per heavy atom. The predicted molar refractivity (Wildman–Crippen MR) is 59.6 cm³/mol. The molecular formula is C11H20N2O3. The van der Waals surface area contributed by atoms with E-state index in [1.165, 1.54) is 4.90 Å². The number of morpholine rings is 1. The molecule has 5 nitrogen and oxygen atoms in total. The van der Waals surface area contributed by atoms with Crippen LogP contribution < -0.4 is 5.73 Å². The monoisotopic (exact) mass is 228 g/mol. The summed E-state index contributed by atoms with van der Waals surface area (Å²) < 4.78 is 5.57. The highest BCUT2D eigenvalue weighted by Crippen LogP contribution is 2.24. The molecule has 0 aromatic carbocycles. The van der Waals surface area contributed by atoms with Gasteiger partial charge < -0.3 is 15.4 Å². The SMILES string of the molecule is CC(C)(C)CC1CN(C(=O)C(N)=O)CCO1. The van der Waals surface area contributed by atoms with Gasteiger partial charge >= 0.3 is 11.8 Å². The fraction of sp³-hybridized carbons (Fsp3) is 0.818. The Morgan fingerprint density at radius 1 is 1.44 bits per heavy atom. The van der Waals surface area contributed by atoms with Gasteiger partial charge in [-0.3, -0.25) is 9.59 Å². The van der Waals surface area contributed by atoms with Crippen molar-refractivity contribution in [2.24, 2.45) is 11.1 Å². The molecule has 0 spiro atoms. The smallest absolute Gasteiger partial charge is 0.311 e. The first kappa shape index (κ1) is 13.0. The van der Waals surface area contributed by atoms with Crippen LogP contribution >= 0.6 is 0 Å². The Bertz CT molecular complexity index is 283. The Kier molecular flexibility index (Phi) is 3.91. The second kappa shape index (κ2) is 4.82. The van der Waals surface area contributed by atoms with Crippen molar-refractivity contribution in [2.45, 2.75) is 33.3 Å².